The van der Waals surface area contributed by atoms with Gasteiger partial charge in [-0.05, 0) is 18.2 Å². The van der Waals surface area contributed by atoms with Crippen LogP contribution in [0.3, 0.4) is 0 Å². The molecule has 0 fully saturated rings. The molecule has 1 N–H and O–H groups in total. The summed E-state index contributed by atoms with van der Waals surface area (Å²) < 4.78 is 1.69. The standard InChI is InChI=1S/C12H8N4O2/c17-12(18)9-4-5-13-11(15-9)8-7-14-16-6-2-1-3-10(8)16/h1-7H,(H,17,18). The van der Waals surface area contributed by atoms with Crippen molar-refractivity contribution in [3.05, 3.63) is 48.5 Å². The average Bonchev–Trinajstić information content (AvgIpc) is 2.82. The highest BCUT2D eigenvalue weighted by Crippen LogP contribution is 2.20. The van der Waals surface area contributed by atoms with Crippen LogP contribution in [-0.4, -0.2) is 30.7 Å². The molecule has 6 nitrogen and oxygen atoms in total. The summed E-state index contributed by atoms with van der Waals surface area (Å²) in [5, 5.41) is 13.1. The zero-order valence-corrected chi connectivity index (χ0v) is 9.19. The van der Waals surface area contributed by atoms with E-state index in [4.69, 9.17) is 5.11 Å². The van der Waals surface area contributed by atoms with Gasteiger partial charge in [-0.1, -0.05) is 6.07 Å². The molecule has 0 aromatic carbocycles. The second-order valence-corrected chi connectivity index (χ2v) is 3.66. The van der Waals surface area contributed by atoms with Gasteiger partial charge in [0.2, 0.25) is 0 Å². The average molecular weight is 240 g/mol. The number of carboxylic acid groups (broad SMARTS) is 1. The van der Waals surface area contributed by atoms with E-state index in [0.717, 1.165) is 5.52 Å². The predicted molar refractivity (Wildman–Crippen MR) is 63.2 cm³/mol. The molecule has 6 heteroatoms. The van der Waals surface area contributed by atoms with Gasteiger partial charge in [-0.2, -0.15) is 5.10 Å². The molecule has 0 aliphatic heterocycles. The van der Waals surface area contributed by atoms with Crippen LogP contribution in [0.2, 0.25) is 0 Å². The molecule has 3 aromatic heterocycles. The first-order chi connectivity index (χ1) is 8.75. The Kier molecular flexibility index (Phi) is 2.26. The smallest absolute Gasteiger partial charge is 0.354 e. The maximum atomic E-state index is 10.9. The molecule has 18 heavy (non-hydrogen) atoms. The first kappa shape index (κ1) is 10.4. The van der Waals surface area contributed by atoms with Gasteiger partial charge in [0, 0.05) is 12.4 Å². The summed E-state index contributed by atoms with van der Waals surface area (Å²) in [6, 6.07) is 6.97. The van der Waals surface area contributed by atoms with Crippen LogP contribution >= 0.6 is 0 Å². The Labute approximate surface area is 102 Å². The van der Waals surface area contributed by atoms with Crippen LogP contribution in [0.4, 0.5) is 0 Å². The number of aromatic nitrogens is 4. The normalized spacial score (nSPS) is 10.7. The first-order valence-corrected chi connectivity index (χ1v) is 5.25. The van der Waals surface area contributed by atoms with Crippen molar-refractivity contribution in [1.29, 1.82) is 0 Å². The molecule has 3 rings (SSSR count). The second kappa shape index (κ2) is 3.92. The number of nitrogens with zero attached hydrogens (tertiary/aromatic N) is 4. The van der Waals surface area contributed by atoms with E-state index in [-0.39, 0.29) is 5.69 Å². The van der Waals surface area contributed by atoms with Gasteiger partial charge < -0.3 is 5.11 Å². The molecular weight excluding hydrogens is 232 g/mol. The highest BCUT2D eigenvalue weighted by molar-refractivity contribution is 5.86. The van der Waals surface area contributed by atoms with Crippen LogP contribution in [0.25, 0.3) is 16.9 Å². The summed E-state index contributed by atoms with van der Waals surface area (Å²) in [5.74, 6) is -0.716. The summed E-state index contributed by atoms with van der Waals surface area (Å²) in [6.45, 7) is 0. The topological polar surface area (TPSA) is 80.4 Å². The number of hydrogen-bond donors (Lipinski definition) is 1. The lowest BCUT2D eigenvalue weighted by atomic mass is 10.2. The Morgan fingerprint density at radius 2 is 2.17 bits per heavy atom. The molecular formula is C12H8N4O2. The fourth-order valence-corrected chi connectivity index (χ4v) is 1.71. The molecule has 0 aliphatic rings. The first-order valence-electron chi connectivity index (χ1n) is 5.25. The van der Waals surface area contributed by atoms with Gasteiger partial charge in [0.15, 0.2) is 11.5 Å². The molecule has 0 aliphatic carbocycles. The number of fused-ring (bicyclic) bond motifs is 1. The fraction of sp³-hybridized carbons (Fsp3) is 0. The largest absolute Gasteiger partial charge is 0.477 e. The van der Waals surface area contributed by atoms with E-state index in [1.54, 1.807) is 16.9 Å². The lowest BCUT2D eigenvalue weighted by molar-refractivity contribution is 0.0690. The molecule has 3 aromatic rings. The zero-order valence-electron chi connectivity index (χ0n) is 9.19. The fourth-order valence-electron chi connectivity index (χ4n) is 1.71. The molecule has 88 valence electrons. The van der Waals surface area contributed by atoms with Crippen molar-refractivity contribution < 1.29 is 9.90 Å². The van der Waals surface area contributed by atoms with Crippen molar-refractivity contribution in [2.45, 2.75) is 0 Å². The van der Waals surface area contributed by atoms with Crippen LogP contribution < -0.4 is 0 Å². The highest BCUT2D eigenvalue weighted by Gasteiger charge is 2.11. The van der Waals surface area contributed by atoms with Gasteiger partial charge in [0.1, 0.15) is 0 Å². The Hall–Kier alpha value is -2.76. The summed E-state index contributed by atoms with van der Waals surface area (Å²) in [6.07, 6.45) is 4.86. The maximum absolute atomic E-state index is 10.9. The summed E-state index contributed by atoms with van der Waals surface area (Å²) >= 11 is 0. The second-order valence-electron chi connectivity index (χ2n) is 3.66. The number of hydrogen-bond acceptors (Lipinski definition) is 4. The van der Waals surface area contributed by atoms with E-state index in [1.807, 2.05) is 18.2 Å². The summed E-state index contributed by atoms with van der Waals surface area (Å²) in [5.41, 5.74) is 1.51. The monoisotopic (exact) mass is 240 g/mol. The van der Waals surface area contributed by atoms with Gasteiger partial charge in [-0.25, -0.2) is 19.3 Å². The third kappa shape index (κ3) is 1.60. The SMILES string of the molecule is O=C(O)c1ccnc(-c2cnn3ccccc23)n1. The van der Waals surface area contributed by atoms with Crippen molar-refractivity contribution in [1.82, 2.24) is 19.6 Å². The number of aromatic carboxylic acids is 1. The number of rotatable bonds is 2. The summed E-state index contributed by atoms with van der Waals surface area (Å²) in [7, 11) is 0. The molecule has 0 unspecified atom stereocenters. The van der Waals surface area contributed by atoms with E-state index >= 15 is 0 Å². The van der Waals surface area contributed by atoms with E-state index in [9.17, 15) is 4.79 Å². The maximum Gasteiger partial charge on any atom is 0.354 e. The van der Waals surface area contributed by atoms with Crippen molar-refractivity contribution in [3.8, 4) is 11.4 Å². The molecule has 0 amide bonds. The molecule has 0 radical (unpaired) electrons. The minimum atomic E-state index is -1.07. The van der Waals surface area contributed by atoms with Gasteiger partial charge in [0.05, 0.1) is 17.3 Å². The van der Waals surface area contributed by atoms with Gasteiger partial charge in [-0.15, -0.1) is 0 Å². The highest BCUT2D eigenvalue weighted by atomic mass is 16.4. The van der Waals surface area contributed by atoms with Gasteiger partial charge >= 0.3 is 5.97 Å². The summed E-state index contributed by atoms with van der Waals surface area (Å²) in [4.78, 5) is 19.0. The van der Waals surface area contributed by atoms with E-state index in [1.165, 1.54) is 12.3 Å². The minimum absolute atomic E-state index is 0.0321. The molecule has 0 atom stereocenters. The molecule has 0 saturated carbocycles. The van der Waals surface area contributed by atoms with Crippen molar-refractivity contribution in [3.63, 3.8) is 0 Å². The lowest BCUT2D eigenvalue weighted by Gasteiger charge is -1.99. The van der Waals surface area contributed by atoms with Gasteiger partial charge in [0.25, 0.3) is 0 Å². The number of pyridine rings is 1. The zero-order chi connectivity index (χ0) is 12.5. The Morgan fingerprint density at radius 1 is 1.28 bits per heavy atom. The van der Waals surface area contributed by atoms with E-state index in [0.29, 0.717) is 11.4 Å². The van der Waals surface area contributed by atoms with Crippen molar-refractivity contribution >= 4 is 11.5 Å². The molecule has 0 saturated heterocycles. The minimum Gasteiger partial charge on any atom is -0.477 e. The third-order valence-corrected chi connectivity index (χ3v) is 2.54. The van der Waals surface area contributed by atoms with Crippen LogP contribution in [0.5, 0.6) is 0 Å². The Morgan fingerprint density at radius 3 is 3.00 bits per heavy atom. The number of carbonyl (C=O) groups is 1. The Balaban J connectivity index is 2.20. The number of carboxylic acids is 1. The van der Waals surface area contributed by atoms with Gasteiger partial charge in [-0.3, -0.25) is 0 Å². The van der Waals surface area contributed by atoms with Crippen LogP contribution in [0.15, 0.2) is 42.9 Å². The lowest BCUT2D eigenvalue weighted by Crippen LogP contribution is -2.02. The molecule has 3 heterocycles. The quantitative estimate of drug-likeness (QED) is 0.734. The third-order valence-electron chi connectivity index (χ3n) is 2.54. The van der Waals surface area contributed by atoms with Crippen molar-refractivity contribution in [2.75, 3.05) is 0 Å². The van der Waals surface area contributed by atoms with Crippen LogP contribution in [-0.2, 0) is 0 Å². The molecule has 0 spiro atoms. The van der Waals surface area contributed by atoms with Crippen LogP contribution in [0.1, 0.15) is 10.5 Å². The van der Waals surface area contributed by atoms with E-state index < -0.39 is 5.97 Å². The molecule has 0 bridgehead atoms. The van der Waals surface area contributed by atoms with Crippen molar-refractivity contribution in [2.24, 2.45) is 0 Å². The van der Waals surface area contributed by atoms with Crippen LogP contribution in [0, 0.1) is 0 Å². The van der Waals surface area contributed by atoms with E-state index in [2.05, 4.69) is 15.1 Å². The predicted octanol–water partition coefficient (Wildman–Crippen LogP) is 1.49. The Bertz CT molecular complexity index is 736.